The number of halogens is 3. The minimum atomic E-state index is -4.62. The third-order valence-corrected chi connectivity index (χ3v) is 3.47. The van der Waals surface area contributed by atoms with Gasteiger partial charge in [-0.3, -0.25) is 10.1 Å². The Hall–Kier alpha value is -1.80. The molecule has 142 valence electrons. The Morgan fingerprint density at radius 1 is 1.20 bits per heavy atom. The number of hydrogen-bond acceptors (Lipinski definition) is 4. The summed E-state index contributed by atoms with van der Waals surface area (Å²) in [7, 11) is 1.52. The largest absolute Gasteiger partial charge is 0.491 e. The van der Waals surface area contributed by atoms with Crippen molar-refractivity contribution in [3.8, 4) is 5.75 Å². The molecule has 0 saturated carbocycles. The molecule has 0 amide bonds. The van der Waals surface area contributed by atoms with Gasteiger partial charge < -0.3 is 14.6 Å². The van der Waals surface area contributed by atoms with Gasteiger partial charge in [0.25, 0.3) is 0 Å². The molecule has 0 aliphatic rings. The van der Waals surface area contributed by atoms with E-state index in [4.69, 9.17) is 9.47 Å². The van der Waals surface area contributed by atoms with Crippen LogP contribution in [0.4, 0.5) is 13.2 Å². The van der Waals surface area contributed by atoms with E-state index in [-0.39, 0.29) is 24.5 Å². The molecule has 0 radical (unpaired) electrons. The molecule has 1 rings (SSSR count). The van der Waals surface area contributed by atoms with Crippen LogP contribution in [0.15, 0.2) is 24.3 Å². The van der Waals surface area contributed by atoms with Crippen molar-refractivity contribution < 1.29 is 32.5 Å². The molecule has 8 heteroatoms. The van der Waals surface area contributed by atoms with Crippen LogP contribution in [0.1, 0.15) is 31.9 Å². The van der Waals surface area contributed by atoms with Crippen LogP contribution in [-0.2, 0) is 9.53 Å². The van der Waals surface area contributed by atoms with E-state index in [0.29, 0.717) is 12.4 Å². The van der Waals surface area contributed by atoms with Crippen molar-refractivity contribution in [1.29, 1.82) is 0 Å². The number of aliphatic carboxylic acids is 1. The van der Waals surface area contributed by atoms with Crippen LogP contribution in [0.5, 0.6) is 5.75 Å². The van der Waals surface area contributed by atoms with Crippen molar-refractivity contribution in [3.05, 3.63) is 29.8 Å². The highest BCUT2D eigenvalue weighted by Gasteiger charge is 2.42. The van der Waals surface area contributed by atoms with Crippen molar-refractivity contribution in [3.63, 3.8) is 0 Å². The lowest BCUT2D eigenvalue weighted by molar-refractivity contribution is -0.163. The second kappa shape index (κ2) is 9.62. The normalized spacial score (nSPS) is 14.4. The molecule has 0 unspecified atom stereocenters. The number of ether oxygens (including phenoxy) is 2. The second-order valence-corrected chi connectivity index (χ2v) is 6.07. The Bertz CT molecular complexity index is 532. The Labute approximate surface area is 145 Å². The zero-order valence-electron chi connectivity index (χ0n) is 14.5. The maximum atomic E-state index is 13.4. The first-order valence-corrected chi connectivity index (χ1v) is 7.92. The Kier molecular flexibility index (Phi) is 8.18. The fourth-order valence-corrected chi connectivity index (χ4v) is 2.29. The van der Waals surface area contributed by atoms with Gasteiger partial charge in [-0.05, 0) is 30.0 Å². The number of nitrogens with one attached hydrogen (secondary N) is 1. The smallest absolute Gasteiger partial charge is 0.407 e. The first-order chi connectivity index (χ1) is 11.6. The number of carboxylic acid groups (broad SMARTS) is 1. The van der Waals surface area contributed by atoms with E-state index in [0.717, 1.165) is 0 Å². The molecule has 1 aromatic rings. The first-order valence-electron chi connectivity index (χ1n) is 7.92. The minimum absolute atomic E-state index is 0.0564. The molecule has 25 heavy (non-hydrogen) atoms. The van der Waals surface area contributed by atoms with Gasteiger partial charge in [-0.25, -0.2) is 0 Å². The topological polar surface area (TPSA) is 67.8 Å². The molecule has 2 atom stereocenters. The lowest BCUT2D eigenvalue weighted by atomic mass is 10.00. The second-order valence-electron chi connectivity index (χ2n) is 6.07. The lowest BCUT2D eigenvalue weighted by Gasteiger charge is -2.26. The van der Waals surface area contributed by atoms with E-state index in [9.17, 15) is 23.1 Å². The highest BCUT2D eigenvalue weighted by atomic mass is 19.4. The summed E-state index contributed by atoms with van der Waals surface area (Å²) < 4.78 is 50.4. The van der Waals surface area contributed by atoms with Crippen LogP contribution < -0.4 is 10.1 Å². The predicted octanol–water partition coefficient (Wildman–Crippen LogP) is 3.40. The Morgan fingerprint density at radius 3 is 2.24 bits per heavy atom. The molecule has 0 aliphatic carbocycles. The van der Waals surface area contributed by atoms with E-state index in [1.54, 1.807) is 13.8 Å². The SMILES string of the molecule is COCCOc1ccc([C@H](N[C@@H](CC(C)C)C(=O)O)C(F)(F)F)cc1. The van der Waals surface area contributed by atoms with Crippen molar-refractivity contribution >= 4 is 5.97 Å². The van der Waals surface area contributed by atoms with Gasteiger partial charge in [-0.1, -0.05) is 26.0 Å². The van der Waals surface area contributed by atoms with Gasteiger partial charge in [0.05, 0.1) is 6.61 Å². The van der Waals surface area contributed by atoms with E-state index < -0.39 is 24.2 Å². The summed E-state index contributed by atoms with van der Waals surface area (Å²) in [5.74, 6) is -0.944. The van der Waals surface area contributed by atoms with Crippen molar-refractivity contribution in [2.75, 3.05) is 20.3 Å². The summed E-state index contributed by atoms with van der Waals surface area (Å²) in [6, 6.07) is 2.04. The summed E-state index contributed by atoms with van der Waals surface area (Å²) in [6.07, 6.45) is -4.52. The standard InChI is InChI=1S/C17H24F3NO4/c1-11(2)10-14(16(22)23)21-15(17(18,19)20)12-4-6-13(7-5-12)25-9-8-24-3/h4-7,11,14-15,21H,8-10H2,1-3H3,(H,22,23)/t14-,15-/m0/s1. The Morgan fingerprint density at radius 2 is 1.80 bits per heavy atom. The van der Waals surface area contributed by atoms with E-state index in [1.807, 2.05) is 0 Å². The molecule has 0 spiro atoms. The van der Waals surface area contributed by atoms with Crippen LogP contribution in [0.2, 0.25) is 0 Å². The molecule has 0 aromatic heterocycles. The van der Waals surface area contributed by atoms with Gasteiger partial charge in [-0.2, -0.15) is 13.2 Å². The molecule has 1 aromatic carbocycles. The summed E-state index contributed by atoms with van der Waals surface area (Å²) in [5.41, 5.74) is -0.0680. The molecule has 0 heterocycles. The van der Waals surface area contributed by atoms with Crippen molar-refractivity contribution in [1.82, 2.24) is 5.32 Å². The fraction of sp³-hybridized carbons (Fsp3) is 0.588. The highest BCUT2D eigenvalue weighted by Crippen LogP contribution is 2.34. The van der Waals surface area contributed by atoms with E-state index in [2.05, 4.69) is 5.32 Å². The van der Waals surface area contributed by atoms with Crippen molar-refractivity contribution in [2.45, 2.75) is 38.5 Å². The van der Waals surface area contributed by atoms with Gasteiger partial charge in [-0.15, -0.1) is 0 Å². The Balaban J connectivity index is 2.93. The molecular formula is C17H24F3NO4. The average Bonchev–Trinajstić information content (AvgIpc) is 2.51. The predicted molar refractivity (Wildman–Crippen MR) is 86.6 cm³/mol. The van der Waals surface area contributed by atoms with Crippen molar-refractivity contribution in [2.24, 2.45) is 5.92 Å². The number of hydrogen-bond donors (Lipinski definition) is 2. The summed E-state index contributed by atoms with van der Waals surface area (Å²) in [6.45, 7) is 4.16. The zero-order valence-corrected chi connectivity index (χ0v) is 14.5. The quantitative estimate of drug-likeness (QED) is 0.624. The van der Waals surface area contributed by atoms with E-state index in [1.165, 1.54) is 31.4 Å². The number of rotatable bonds is 10. The number of benzene rings is 1. The van der Waals surface area contributed by atoms with Gasteiger partial charge in [0.1, 0.15) is 24.4 Å². The van der Waals surface area contributed by atoms with Crippen LogP contribution in [0, 0.1) is 5.92 Å². The maximum absolute atomic E-state index is 13.4. The minimum Gasteiger partial charge on any atom is -0.491 e. The third kappa shape index (κ3) is 7.31. The van der Waals surface area contributed by atoms with Gasteiger partial charge >= 0.3 is 12.1 Å². The van der Waals surface area contributed by atoms with Gasteiger partial charge in [0, 0.05) is 7.11 Å². The lowest BCUT2D eigenvalue weighted by Crippen LogP contribution is -2.45. The van der Waals surface area contributed by atoms with E-state index >= 15 is 0 Å². The fourth-order valence-electron chi connectivity index (χ4n) is 2.29. The molecule has 0 bridgehead atoms. The zero-order chi connectivity index (χ0) is 19.0. The van der Waals surface area contributed by atoms with Gasteiger partial charge in [0.15, 0.2) is 0 Å². The maximum Gasteiger partial charge on any atom is 0.407 e. The summed E-state index contributed by atoms with van der Waals surface area (Å²) >= 11 is 0. The average molecular weight is 363 g/mol. The van der Waals surface area contributed by atoms with Gasteiger partial charge in [0.2, 0.25) is 0 Å². The van der Waals surface area contributed by atoms with Crippen LogP contribution >= 0.6 is 0 Å². The molecule has 5 nitrogen and oxygen atoms in total. The molecular weight excluding hydrogens is 339 g/mol. The molecule has 2 N–H and O–H groups in total. The third-order valence-electron chi connectivity index (χ3n) is 3.47. The summed E-state index contributed by atoms with van der Waals surface area (Å²) in [5, 5.41) is 11.4. The molecule has 0 fully saturated rings. The summed E-state index contributed by atoms with van der Waals surface area (Å²) in [4.78, 5) is 11.3. The molecule has 0 aliphatic heterocycles. The number of carbonyl (C=O) groups is 1. The number of carboxylic acids is 1. The number of alkyl halides is 3. The van der Waals surface area contributed by atoms with Crippen LogP contribution in [0.25, 0.3) is 0 Å². The first kappa shape index (κ1) is 21.2. The van der Waals surface area contributed by atoms with Crippen LogP contribution in [-0.4, -0.2) is 43.6 Å². The molecule has 0 saturated heterocycles. The highest BCUT2D eigenvalue weighted by molar-refractivity contribution is 5.73. The number of methoxy groups -OCH3 is 1. The van der Waals surface area contributed by atoms with Crippen LogP contribution in [0.3, 0.4) is 0 Å². The monoisotopic (exact) mass is 363 g/mol.